The Morgan fingerprint density at radius 1 is 0.947 bits per heavy atom. The van der Waals surface area contributed by atoms with Crippen molar-refractivity contribution in [1.82, 2.24) is 19.8 Å². The fourth-order valence-corrected chi connectivity index (χ4v) is 5.68. The third-order valence-corrected chi connectivity index (χ3v) is 7.36. The second kappa shape index (κ2) is 12.5. The Hall–Kier alpha value is -3.29. The van der Waals surface area contributed by atoms with Crippen LogP contribution in [0, 0.1) is 11.8 Å². The number of rotatable bonds is 3. The molecular formula is C31H38N4O3. The molecule has 2 bridgehead atoms. The van der Waals surface area contributed by atoms with Crippen molar-refractivity contribution >= 4 is 5.91 Å². The van der Waals surface area contributed by atoms with Gasteiger partial charge in [-0.3, -0.25) is 9.69 Å². The van der Waals surface area contributed by atoms with Crippen molar-refractivity contribution in [3.8, 4) is 16.9 Å². The van der Waals surface area contributed by atoms with Crippen LogP contribution in [-0.4, -0.2) is 71.7 Å². The predicted octanol–water partition coefficient (Wildman–Crippen LogP) is 4.45. The molecule has 1 fully saturated rings. The molecule has 3 aromatic rings. The first-order chi connectivity index (χ1) is 18.5. The number of carbonyl (C=O) groups excluding carboxylic acids is 1. The molecule has 2 aromatic carbocycles. The van der Waals surface area contributed by atoms with Crippen molar-refractivity contribution in [3.05, 3.63) is 77.9 Å². The molecule has 7 nitrogen and oxygen atoms in total. The number of piperidine rings is 1. The van der Waals surface area contributed by atoms with E-state index in [0.717, 1.165) is 42.0 Å². The number of carbonyl (C=O) groups is 1. The second-order valence-corrected chi connectivity index (χ2v) is 10.9. The van der Waals surface area contributed by atoms with E-state index in [1.54, 1.807) is 6.33 Å². The van der Waals surface area contributed by atoms with E-state index in [4.69, 9.17) is 9.47 Å². The van der Waals surface area contributed by atoms with Gasteiger partial charge in [-0.15, -0.1) is 0 Å². The van der Waals surface area contributed by atoms with Gasteiger partial charge in [0.05, 0.1) is 19.8 Å². The Morgan fingerprint density at radius 2 is 1.74 bits per heavy atom. The highest BCUT2D eigenvalue weighted by Gasteiger charge is 2.26. The second-order valence-electron chi connectivity index (χ2n) is 10.9. The van der Waals surface area contributed by atoms with Gasteiger partial charge < -0.3 is 14.4 Å². The minimum atomic E-state index is 0.218. The molecule has 1 amide bonds. The van der Waals surface area contributed by atoms with E-state index >= 15 is 0 Å². The molecule has 1 saturated heterocycles. The lowest BCUT2D eigenvalue weighted by Crippen LogP contribution is -2.47. The van der Waals surface area contributed by atoms with Crippen molar-refractivity contribution in [2.75, 3.05) is 46.0 Å². The number of nitrogens with zero attached hydrogens (tertiary/aromatic N) is 4. The van der Waals surface area contributed by atoms with Crippen molar-refractivity contribution in [1.29, 1.82) is 0 Å². The number of aromatic nitrogens is 2. The van der Waals surface area contributed by atoms with E-state index < -0.39 is 0 Å². The van der Waals surface area contributed by atoms with Gasteiger partial charge in [0, 0.05) is 50.6 Å². The van der Waals surface area contributed by atoms with Gasteiger partial charge in [0.1, 0.15) is 18.7 Å². The van der Waals surface area contributed by atoms with E-state index in [0.29, 0.717) is 51.3 Å². The zero-order chi connectivity index (χ0) is 26.3. The fourth-order valence-electron chi connectivity index (χ4n) is 5.68. The summed E-state index contributed by atoms with van der Waals surface area (Å²) in [6, 6.07) is 14.9. The first kappa shape index (κ1) is 26.3. The maximum atomic E-state index is 13.3. The lowest BCUT2D eigenvalue weighted by atomic mass is 9.92. The van der Waals surface area contributed by atoms with Crippen LogP contribution in [-0.2, 0) is 22.5 Å². The molecule has 0 saturated carbocycles. The van der Waals surface area contributed by atoms with E-state index in [-0.39, 0.29) is 5.91 Å². The normalized spacial score (nSPS) is 21.2. The quantitative estimate of drug-likeness (QED) is 0.515. The van der Waals surface area contributed by atoms with Gasteiger partial charge in [-0.1, -0.05) is 44.2 Å². The summed E-state index contributed by atoms with van der Waals surface area (Å²) in [6.07, 6.45) is 7.14. The SMILES string of the molecule is CC1CC(C)CN(C(=O)CN2CCOCCOc3ccc(-c4cncnc4)cc3Cc3cccc(c3)C2)C1. The average Bonchev–Trinajstić information content (AvgIpc) is 2.91. The highest BCUT2D eigenvalue weighted by Crippen LogP contribution is 2.29. The maximum absolute atomic E-state index is 13.3. The summed E-state index contributed by atoms with van der Waals surface area (Å²) in [5, 5.41) is 0. The van der Waals surface area contributed by atoms with E-state index in [9.17, 15) is 4.79 Å². The van der Waals surface area contributed by atoms with Gasteiger partial charge >= 0.3 is 0 Å². The third kappa shape index (κ3) is 6.97. The molecule has 0 radical (unpaired) electrons. The van der Waals surface area contributed by atoms with Crippen LogP contribution >= 0.6 is 0 Å². The van der Waals surface area contributed by atoms with Crippen LogP contribution in [0.4, 0.5) is 0 Å². The zero-order valence-electron chi connectivity index (χ0n) is 22.5. The van der Waals surface area contributed by atoms with Crippen molar-refractivity contribution in [2.45, 2.75) is 33.2 Å². The van der Waals surface area contributed by atoms with Crippen molar-refractivity contribution < 1.29 is 14.3 Å². The molecule has 7 heteroatoms. The standard InChI is InChI=1S/C31H38N4O3/c1-23-12-24(2)19-35(18-23)31(36)21-34-8-9-37-10-11-38-30-7-6-27(29-16-32-22-33-17-29)15-28(30)14-25-4-3-5-26(13-25)20-34/h3-7,13,15-17,22-24H,8-12,14,18-21H2,1-2H3. The topological polar surface area (TPSA) is 67.8 Å². The molecule has 2 aliphatic heterocycles. The summed E-state index contributed by atoms with van der Waals surface area (Å²) in [4.78, 5) is 25.9. The predicted molar refractivity (Wildman–Crippen MR) is 148 cm³/mol. The molecule has 0 spiro atoms. The Morgan fingerprint density at radius 3 is 2.55 bits per heavy atom. The van der Waals surface area contributed by atoms with Crippen LogP contribution in [0.5, 0.6) is 5.75 Å². The number of ether oxygens (including phenoxy) is 2. The molecular weight excluding hydrogens is 476 g/mol. The summed E-state index contributed by atoms with van der Waals surface area (Å²) in [7, 11) is 0. The average molecular weight is 515 g/mol. The van der Waals surface area contributed by atoms with Crippen LogP contribution in [0.2, 0.25) is 0 Å². The summed E-state index contributed by atoms with van der Waals surface area (Å²) < 4.78 is 12.1. The first-order valence-electron chi connectivity index (χ1n) is 13.7. The van der Waals surface area contributed by atoms with Gasteiger partial charge in [0.15, 0.2) is 0 Å². The summed E-state index contributed by atoms with van der Waals surface area (Å²) in [5.41, 5.74) is 5.56. The lowest BCUT2D eigenvalue weighted by Gasteiger charge is -2.36. The fraction of sp³-hybridized carbons (Fsp3) is 0.452. The Labute approximate surface area is 225 Å². The number of likely N-dealkylation sites (tertiary alicyclic amines) is 1. The minimum absolute atomic E-state index is 0.218. The van der Waals surface area contributed by atoms with Crippen LogP contribution in [0.15, 0.2) is 61.2 Å². The monoisotopic (exact) mass is 514 g/mol. The molecule has 2 unspecified atom stereocenters. The van der Waals surface area contributed by atoms with Gasteiger partial charge in [0.25, 0.3) is 0 Å². The summed E-state index contributed by atoms with van der Waals surface area (Å²) in [6.45, 7) is 9.57. The number of fused-ring (bicyclic) bond motifs is 3. The number of benzene rings is 2. The molecule has 200 valence electrons. The zero-order valence-corrected chi connectivity index (χ0v) is 22.5. The van der Waals surface area contributed by atoms with Crippen LogP contribution in [0.1, 0.15) is 37.0 Å². The molecule has 2 aliphatic rings. The summed E-state index contributed by atoms with van der Waals surface area (Å²) in [5.74, 6) is 2.20. The van der Waals surface area contributed by atoms with Crippen LogP contribution in [0.3, 0.4) is 0 Å². The number of amides is 1. The van der Waals surface area contributed by atoms with Gasteiger partial charge in [-0.05, 0) is 52.6 Å². The highest BCUT2D eigenvalue weighted by molar-refractivity contribution is 5.78. The van der Waals surface area contributed by atoms with Crippen molar-refractivity contribution in [3.63, 3.8) is 0 Å². The first-order valence-corrected chi connectivity index (χ1v) is 13.7. The van der Waals surface area contributed by atoms with Crippen molar-refractivity contribution in [2.24, 2.45) is 11.8 Å². The van der Waals surface area contributed by atoms with E-state index in [2.05, 4.69) is 70.0 Å². The number of hydrogen-bond donors (Lipinski definition) is 0. The molecule has 0 aliphatic carbocycles. The largest absolute Gasteiger partial charge is 0.491 e. The van der Waals surface area contributed by atoms with E-state index in [1.165, 1.54) is 17.5 Å². The Kier molecular flexibility index (Phi) is 8.66. The Bertz CT molecular complexity index is 1210. The lowest BCUT2D eigenvalue weighted by molar-refractivity contribution is -0.135. The summed E-state index contributed by atoms with van der Waals surface area (Å²) >= 11 is 0. The van der Waals surface area contributed by atoms with Crippen LogP contribution in [0.25, 0.3) is 11.1 Å². The van der Waals surface area contributed by atoms with Crippen LogP contribution < -0.4 is 4.74 Å². The highest BCUT2D eigenvalue weighted by atomic mass is 16.5. The van der Waals surface area contributed by atoms with Gasteiger partial charge in [0.2, 0.25) is 5.91 Å². The third-order valence-electron chi connectivity index (χ3n) is 7.36. The smallest absolute Gasteiger partial charge is 0.236 e. The maximum Gasteiger partial charge on any atom is 0.236 e. The number of hydrogen-bond acceptors (Lipinski definition) is 6. The van der Waals surface area contributed by atoms with Gasteiger partial charge in [-0.25, -0.2) is 9.97 Å². The van der Waals surface area contributed by atoms with E-state index in [1.807, 2.05) is 18.5 Å². The molecule has 1 aromatic heterocycles. The molecule has 2 atom stereocenters. The molecule has 38 heavy (non-hydrogen) atoms. The molecule has 3 heterocycles. The molecule has 0 N–H and O–H groups in total. The molecule has 5 rings (SSSR count). The van der Waals surface area contributed by atoms with Gasteiger partial charge in [-0.2, -0.15) is 0 Å². The Balaban J connectivity index is 1.35. The minimum Gasteiger partial charge on any atom is -0.491 e.